The van der Waals surface area contributed by atoms with E-state index in [1.165, 1.54) is 12.5 Å². The van der Waals surface area contributed by atoms with Gasteiger partial charge in [0.25, 0.3) is 0 Å². The van der Waals surface area contributed by atoms with E-state index in [0.29, 0.717) is 30.0 Å². The quantitative estimate of drug-likeness (QED) is 0.516. The number of hydrogen-bond donors (Lipinski definition) is 0. The topological polar surface area (TPSA) is 43.4 Å². The van der Waals surface area contributed by atoms with Crippen LogP contribution in [-0.2, 0) is 14.3 Å². The van der Waals surface area contributed by atoms with Crippen LogP contribution < -0.4 is 0 Å². The van der Waals surface area contributed by atoms with Crippen molar-refractivity contribution in [1.82, 2.24) is 0 Å². The molecule has 4 aliphatic rings. The van der Waals surface area contributed by atoms with Gasteiger partial charge in [0.15, 0.2) is 11.4 Å². The molecule has 0 aromatic carbocycles. The van der Waals surface area contributed by atoms with Crippen LogP contribution in [0.25, 0.3) is 0 Å². The third-order valence-corrected chi connectivity index (χ3v) is 8.63. The molecule has 0 aromatic rings. The van der Waals surface area contributed by atoms with Gasteiger partial charge in [-0.05, 0) is 74.2 Å². The van der Waals surface area contributed by atoms with E-state index in [2.05, 4.69) is 19.8 Å². The first-order valence-corrected chi connectivity index (χ1v) is 10.2. The number of rotatable bonds is 1. The molecule has 5 unspecified atom stereocenters. The molecule has 3 heteroatoms. The molecule has 0 heterocycles. The lowest BCUT2D eigenvalue weighted by molar-refractivity contribution is -0.169. The number of ether oxygens (including phenoxy) is 1. The second-order valence-corrected chi connectivity index (χ2v) is 9.53. The van der Waals surface area contributed by atoms with Gasteiger partial charge in [0.1, 0.15) is 0 Å². The molecule has 0 saturated heterocycles. The molecule has 0 aromatic heterocycles. The number of esters is 1. The highest BCUT2D eigenvalue weighted by atomic mass is 16.6. The number of hydrogen-bond acceptors (Lipinski definition) is 3. The maximum atomic E-state index is 11.9. The van der Waals surface area contributed by atoms with Gasteiger partial charge in [-0.15, -0.1) is 6.42 Å². The fourth-order valence-electron chi connectivity index (χ4n) is 7.24. The van der Waals surface area contributed by atoms with E-state index in [9.17, 15) is 9.59 Å². The van der Waals surface area contributed by atoms with E-state index in [4.69, 9.17) is 11.2 Å². The third kappa shape index (κ3) is 2.20. The summed E-state index contributed by atoms with van der Waals surface area (Å²) in [6, 6.07) is 0. The van der Waals surface area contributed by atoms with Gasteiger partial charge in [-0.3, -0.25) is 9.59 Å². The summed E-state index contributed by atoms with van der Waals surface area (Å²) in [4.78, 5) is 23.7. The molecule has 0 radical (unpaired) electrons. The Morgan fingerprint density at radius 2 is 1.88 bits per heavy atom. The fraction of sp³-hybridized carbons (Fsp3) is 0.739. The minimum Gasteiger partial charge on any atom is -0.445 e. The molecule has 3 nitrogen and oxygen atoms in total. The standard InChI is InChI=1S/C23H30O3/c1-5-23(26-15(2)24)13-10-20-18-7-6-16-14-17(25)8-11-21(16,3)19(18)9-12-22(20,23)4/h1,14,18-20H,6-13H2,2-4H3/t18?,19?,20?,21?,22?,23-/m0/s1. The molecule has 0 amide bonds. The van der Waals surface area contributed by atoms with Gasteiger partial charge < -0.3 is 4.74 Å². The second kappa shape index (κ2) is 5.72. The van der Waals surface area contributed by atoms with Crippen molar-refractivity contribution >= 4 is 11.8 Å². The lowest BCUT2D eigenvalue weighted by atomic mass is 9.46. The van der Waals surface area contributed by atoms with Crippen molar-refractivity contribution < 1.29 is 14.3 Å². The second-order valence-electron chi connectivity index (χ2n) is 9.53. The first-order chi connectivity index (χ1) is 12.3. The first-order valence-electron chi connectivity index (χ1n) is 10.2. The summed E-state index contributed by atoms with van der Waals surface area (Å²) in [6.45, 7) is 6.13. The summed E-state index contributed by atoms with van der Waals surface area (Å²) in [5.41, 5.74) is 0.686. The number of ketones is 1. The molecule has 4 aliphatic carbocycles. The van der Waals surface area contributed by atoms with Crippen LogP contribution in [0.4, 0.5) is 0 Å². The summed E-state index contributed by atoms with van der Waals surface area (Å²) in [5, 5.41) is 0. The Labute approximate surface area is 156 Å². The Morgan fingerprint density at radius 1 is 1.15 bits per heavy atom. The SMILES string of the molecule is C#C[C@]1(OC(C)=O)CCC2C3CCC4=CC(=O)CCC4(C)C3CCC21C. The molecule has 26 heavy (non-hydrogen) atoms. The zero-order valence-electron chi connectivity index (χ0n) is 16.3. The molecule has 4 rings (SSSR count). The van der Waals surface area contributed by atoms with Crippen LogP contribution in [-0.4, -0.2) is 17.4 Å². The zero-order valence-corrected chi connectivity index (χ0v) is 16.3. The van der Waals surface area contributed by atoms with Gasteiger partial charge in [0, 0.05) is 18.8 Å². The van der Waals surface area contributed by atoms with Gasteiger partial charge >= 0.3 is 5.97 Å². The lowest BCUT2D eigenvalue weighted by Gasteiger charge is -2.58. The molecule has 3 fully saturated rings. The van der Waals surface area contributed by atoms with E-state index in [1.807, 2.05) is 6.08 Å². The van der Waals surface area contributed by atoms with Crippen LogP contribution in [0, 0.1) is 40.9 Å². The molecule has 0 spiro atoms. The molecule has 0 bridgehead atoms. The summed E-state index contributed by atoms with van der Waals surface area (Å²) in [7, 11) is 0. The molecule has 0 aliphatic heterocycles. The minimum absolute atomic E-state index is 0.128. The van der Waals surface area contributed by atoms with Gasteiger partial charge in [0.05, 0.1) is 0 Å². The smallest absolute Gasteiger partial charge is 0.304 e. The Morgan fingerprint density at radius 3 is 2.58 bits per heavy atom. The van der Waals surface area contributed by atoms with E-state index in [-0.39, 0.29) is 16.8 Å². The Bertz CT molecular complexity index is 728. The van der Waals surface area contributed by atoms with Gasteiger partial charge in [-0.1, -0.05) is 25.3 Å². The van der Waals surface area contributed by atoms with Crippen LogP contribution in [0.5, 0.6) is 0 Å². The highest BCUT2D eigenvalue weighted by Crippen LogP contribution is 2.68. The van der Waals surface area contributed by atoms with Crippen molar-refractivity contribution in [2.75, 3.05) is 0 Å². The largest absolute Gasteiger partial charge is 0.445 e. The van der Waals surface area contributed by atoms with Gasteiger partial charge in [0.2, 0.25) is 0 Å². The van der Waals surface area contributed by atoms with Crippen molar-refractivity contribution in [2.24, 2.45) is 28.6 Å². The first kappa shape index (κ1) is 17.8. The van der Waals surface area contributed by atoms with Crippen LogP contribution in [0.1, 0.15) is 72.1 Å². The Kier molecular flexibility index (Phi) is 3.92. The van der Waals surface area contributed by atoms with Crippen molar-refractivity contribution in [1.29, 1.82) is 0 Å². The van der Waals surface area contributed by atoms with Crippen LogP contribution in [0.15, 0.2) is 11.6 Å². The molecule has 3 saturated carbocycles. The van der Waals surface area contributed by atoms with Crippen LogP contribution >= 0.6 is 0 Å². The van der Waals surface area contributed by atoms with Crippen molar-refractivity contribution in [3.05, 3.63) is 11.6 Å². The molecular weight excluding hydrogens is 324 g/mol. The van der Waals surface area contributed by atoms with Gasteiger partial charge in [-0.2, -0.15) is 0 Å². The highest BCUT2D eigenvalue weighted by Gasteiger charge is 2.65. The normalized spacial score (nSPS) is 47.1. The van der Waals surface area contributed by atoms with E-state index in [0.717, 1.165) is 44.9 Å². The fourth-order valence-corrected chi connectivity index (χ4v) is 7.24. The van der Waals surface area contributed by atoms with E-state index < -0.39 is 5.60 Å². The van der Waals surface area contributed by atoms with Crippen LogP contribution in [0.2, 0.25) is 0 Å². The molecular formula is C23H30O3. The summed E-state index contributed by atoms with van der Waals surface area (Å²) in [6.07, 6.45) is 15.7. The predicted molar refractivity (Wildman–Crippen MR) is 100 cm³/mol. The number of carbonyl (C=O) groups excluding carboxylic acids is 2. The maximum absolute atomic E-state index is 11.9. The van der Waals surface area contributed by atoms with E-state index >= 15 is 0 Å². The zero-order chi connectivity index (χ0) is 18.7. The predicted octanol–water partition coefficient (Wildman–Crippen LogP) is 4.45. The number of carbonyl (C=O) groups is 2. The highest BCUT2D eigenvalue weighted by molar-refractivity contribution is 5.91. The van der Waals surface area contributed by atoms with Crippen LogP contribution in [0.3, 0.4) is 0 Å². The summed E-state index contributed by atoms with van der Waals surface area (Å²) in [5.74, 6) is 4.71. The van der Waals surface area contributed by atoms with Gasteiger partial charge in [-0.25, -0.2) is 0 Å². The molecule has 6 atom stereocenters. The minimum atomic E-state index is -0.742. The lowest BCUT2D eigenvalue weighted by Crippen LogP contribution is -2.55. The number of fused-ring (bicyclic) bond motifs is 5. The summed E-state index contributed by atoms with van der Waals surface area (Å²) >= 11 is 0. The van der Waals surface area contributed by atoms with E-state index in [1.54, 1.807) is 0 Å². The Hall–Kier alpha value is -1.56. The van der Waals surface area contributed by atoms with Crippen molar-refractivity contribution in [3.8, 4) is 12.3 Å². The number of terminal acetylenes is 1. The number of allylic oxidation sites excluding steroid dienone is 1. The monoisotopic (exact) mass is 354 g/mol. The molecule has 140 valence electrons. The maximum Gasteiger partial charge on any atom is 0.304 e. The molecule has 0 N–H and O–H groups in total. The van der Waals surface area contributed by atoms with Crippen molar-refractivity contribution in [2.45, 2.75) is 77.7 Å². The average molecular weight is 354 g/mol. The Balaban J connectivity index is 1.69. The third-order valence-electron chi connectivity index (χ3n) is 8.63. The average Bonchev–Trinajstić information content (AvgIpc) is 2.88. The summed E-state index contributed by atoms with van der Waals surface area (Å²) < 4.78 is 5.81. The van der Waals surface area contributed by atoms with Crippen molar-refractivity contribution in [3.63, 3.8) is 0 Å².